The molecule has 0 fully saturated rings. The maximum atomic E-state index is 13.6. The molecule has 194 valence electrons. The molecule has 7 nitrogen and oxygen atoms in total. The van der Waals surface area contributed by atoms with Crippen LogP contribution >= 0.6 is 0 Å². The van der Waals surface area contributed by atoms with Gasteiger partial charge in [-0.2, -0.15) is 0 Å². The van der Waals surface area contributed by atoms with Crippen LogP contribution in [0.3, 0.4) is 0 Å². The molecule has 2 aliphatic heterocycles. The lowest BCUT2D eigenvalue weighted by Crippen LogP contribution is -2.23. The second-order valence-corrected chi connectivity index (χ2v) is 11.6. The van der Waals surface area contributed by atoms with Gasteiger partial charge in [0.15, 0.2) is 15.5 Å². The van der Waals surface area contributed by atoms with E-state index in [-0.39, 0.29) is 10.6 Å². The molecule has 39 heavy (non-hydrogen) atoms. The van der Waals surface area contributed by atoms with Crippen LogP contribution in [0.4, 0.5) is 4.39 Å². The third kappa shape index (κ3) is 4.34. The number of azo groups is 1. The van der Waals surface area contributed by atoms with Crippen LogP contribution in [0.25, 0.3) is 11.1 Å². The number of benzene rings is 3. The van der Waals surface area contributed by atoms with Crippen molar-refractivity contribution in [2.45, 2.75) is 29.4 Å². The van der Waals surface area contributed by atoms with E-state index >= 15 is 0 Å². The quantitative estimate of drug-likeness (QED) is 0.328. The number of aliphatic carboxylic acids is 1. The van der Waals surface area contributed by atoms with Crippen molar-refractivity contribution in [2.24, 2.45) is 15.2 Å². The lowest BCUT2D eigenvalue weighted by atomic mass is 9.79. The molecule has 1 unspecified atom stereocenters. The van der Waals surface area contributed by atoms with E-state index in [1.807, 2.05) is 18.2 Å². The first kappa shape index (κ1) is 24.8. The average molecular weight is 540 g/mol. The molecule has 1 atom stereocenters. The summed E-state index contributed by atoms with van der Waals surface area (Å²) in [6.07, 6.45) is 9.18. The Morgan fingerprint density at radius 3 is 2.46 bits per heavy atom. The first-order valence-corrected chi connectivity index (χ1v) is 13.9. The Morgan fingerprint density at radius 1 is 0.897 bits per heavy atom. The largest absolute Gasteiger partial charge is 0.476 e. The zero-order valence-electron chi connectivity index (χ0n) is 20.6. The van der Waals surface area contributed by atoms with E-state index in [4.69, 9.17) is 5.11 Å². The highest BCUT2D eigenvalue weighted by molar-refractivity contribution is 7.91. The van der Waals surface area contributed by atoms with Crippen molar-refractivity contribution in [3.63, 3.8) is 0 Å². The van der Waals surface area contributed by atoms with Gasteiger partial charge in [0.25, 0.3) is 0 Å². The normalized spacial score (nSPS) is 18.0. The predicted octanol–water partition coefficient (Wildman–Crippen LogP) is 5.94. The number of hydrogen-bond acceptors (Lipinski definition) is 6. The third-order valence-corrected chi connectivity index (χ3v) is 9.30. The molecule has 0 aromatic heterocycles. The molecule has 2 aliphatic carbocycles. The molecular weight excluding hydrogens is 517 g/mol. The summed E-state index contributed by atoms with van der Waals surface area (Å²) in [5.74, 6) is -1.50. The molecule has 9 heteroatoms. The van der Waals surface area contributed by atoms with Gasteiger partial charge in [-0.1, -0.05) is 48.6 Å². The zero-order chi connectivity index (χ0) is 27.1. The van der Waals surface area contributed by atoms with Crippen LogP contribution in [0.5, 0.6) is 0 Å². The number of hydrogen-bond donors (Lipinski definition) is 1. The van der Waals surface area contributed by atoms with Gasteiger partial charge in [-0.15, -0.1) is 10.2 Å². The Balaban J connectivity index is 0.000000210. The maximum absolute atomic E-state index is 13.6. The fourth-order valence-electron chi connectivity index (χ4n) is 5.37. The number of halogens is 1. The molecule has 2 heterocycles. The minimum atomic E-state index is -3.66. The lowest BCUT2D eigenvalue weighted by molar-refractivity contribution is -0.132. The molecule has 0 saturated carbocycles. The highest BCUT2D eigenvalue weighted by Gasteiger charge is 2.37. The standard InChI is InChI=1S/C24H19FO2S.C6H3N3O2/c25-18-10-12-19(13-11-18)28(26,27)23-15-17-6-2-3-7-20(17)22-14-9-16-5-1-4-8-21(16)24(22)23;10-6(11)5-3-1-7-2-4(3)8-9-5/h1-4,6-7,9-14,23H,5,8,15H2;1-2H,(H,10,11). The number of carboxylic acids is 1. The van der Waals surface area contributed by atoms with Crippen LogP contribution in [0.1, 0.15) is 27.5 Å². The van der Waals surface area contributed by atoms with Gasteiger partial charge in [0.05, 0.1) is 21.9 Å². The number of rotatable bonds is 3. The Kier molecular flexibility index (Phi) is 6.15. The number of nitrogens with zero attached hydrogens (tertiary/aromatic N) is 3. The lowest BCUT2D eigenvalue weighted by Gasteiger charge is -2.31. The molecular formula is C30H22FN3O4S. The molecule has 1 N–H and O–H groups in total. The topological polar surface area (TPSA) is 109 Å². The van der Waals surface area contributed by atoms with Crippen molar-refractivity contribution < 1.29 is 22.7 Å². The minimum Gasteiger partial charge on any atom is -0.476 e. The summed E-state index contributed by atoms with van der Waals surface area (Å²) in [5, 5.41) is 15.0. The van der Waals surface area contributed by atoms with Gasteiger partial charge in [0.1, 0.15) is 11.5 Å². The fraction of sp³-hybridized carbons (Fsp3) is 0.133. The molecule has 0 amide bonds. The summed E-state index contributed by atoms with van der Waals surface area (Å²) in [6.45, 7) is 0. The first-order chi connectivity index (χ1) is 18.8. The van der Waals surface area contributed by atoms with Gasteiger partial charge in [0.2, 0.25) is 0 Å². The molecule has 0 spiro atoms. The molecule has 3 aromatic carbocycles. The highest BCUT2D eigenvalue weighted by atomic mass is 32.2. The first-order valence-electron chi connectivity index (χ1n) is 12.3. The molecule has 0 bridgehead atoms. The summed E-state index contributed by atoms with van der Waals surface area (Å²) in [5.41, 5.74) is 7.40. The van der Waals surface area contributed by atoms with Gasteiger partial charge >= 0.3 is 5.97 Å². The SMILES string of the molecule is O=C(O)C1=C2C=NC=C2N=N1.O=S(=O)(c1ccc(F)cc1)C1Cc2ccccc2-c2ccc3c(c21)CC=CC3. The van der Waals surface area contributed by atoms with Crippen LogP contribution < -0.4 is 0 Å². The van der Waals surface area contributed by atoms with Crippen molar-refractivity contribution in [3.05, 3.63) is 124 Å². The fourth-order valence-corrected chi connectivity index (χ4v) is 7.19. The van der Waals surface area contributed by atoms with Crippen LogP contribution in [0.15, 0.2) is 116 Å². The number of carbonyl (C=O) groups is 1. The van der Waals surface area contributed by atoms with Gasteiger partial charge in [0, 0.05) is 6.21 Å². The summed E-state index contributed by atoms with van der Waals surface area (Å²) in [6, 6.07) is 17.4. The van der Waals surface area contributed by atoms with E-state index in [0.29, 0.717) is 17.7 Å². The van der Waals surface area contributed by atoms with Crippen molar-refractivity contribution in [1.29, 1.82) is 0 Å². The van der Waals surface area contributed by atoms with E-state index < -0.39 is 26.9 Å². The Hall–Kier alpha value is -4.50. The second kappa shape index (κ2) is 9.67. The van der Waals surface area contributed by atoms with E-state index in [1.165, 1.54) is 42.2 Å². The second-order valence-electron chi connectivity index (χ2n) is 9.45. The van der Waals surface area contributed by atoms with Crippen molar-refractivity contribution in [3.8, 4) is 11.1 Å². The number of carboxylic acid groups (broad SMARTS) is 1. The smallest absolute Gasteiger partial charge is 0.357 e. The van der Waals surface area contributed by atoms with Gasteiger partial charge in [-0.05, 0) is 76.9 Å². The van der Waals surface area contributed by atoms with Crippen molar-refractivity contribution >= 4 is 22.0 Å². The number of allylic oxidation sites excluding steroid dienone is 3. The molecule has 0 saturated heterocycles. The van der Waals surface area contributed by atoms with E-state index in [0.717, 1.165) is 40.7 Å². The summed E-state index contributed by atoms with van der Waals surface area (Å²) >= 11 is 0. The molecule has 7 rings (SSSR count). The van der Waals surface area contributed by atoms with Gasteiger partial charge in [-0.3, -0.25) is 4.99 Å². The molecule has 0 radical (unpaired) electrons. The minimum absolute atomic E-state index is 0.0301. The third-order valence-electron chi connectivity index (χ3n) is 7.22. The zero-order valence-corrected chi connectivity index (χ0v) is 21.4. The predicted molar refractivity (Wildman–Crippen MR) is 145 cm³/mol. The average Bonchev–Trinajstić information content (AvgIpc) is 3.57. The van der Waals surface area contributed by atoms with Crippen LogP contribution in [0.2, 0.25) is 0 Å². The van der Waals surface area contributed by atoms with Crippen molar-refractivity contribution in [2.75, 3.05) is 0 Å². The van der Waals surface area contributed by atoms with E-state index in [2.05, 4.69) is 45.6 Å². The monoisotopic (exact) mass is 539 g/mol. The Labute approximate surface area is 224 Å². The highest BCUT2D eigenvalue weighted by Crippen LogP contribution is 2.47. The van der Waals surface area contributed by atoms with Gasteiger partial charge < -0.3 is 5.11 Å². The summed E-state index contributed by atoms with van der Waals surface area (Å²) in [4.78, 5) is 14.4. The van der Waals surface area contributed by atoms with Crippen LogP contribution in [-0.2, 0) is 33.9 Å². The van der Waals surface area contributed by atoms with Crippen molar-refractivity contribution in [1.82, 2.24) is 0 Å². The van der Waals surface area contributed by atoms with E-state index in [1.54, 1.807) is 0 Å². The number of aliphatic imine (C=N–C) groups is 1. The molecule has 4 aliphatic rings. The van der Waals surface area contributed by atoms with Gasteiger partial charge in [-0.25, -0.2) is 17.6 Å². The number of sulfone groups is 1. The van der Waals surface area contributed by atoms with Crippen LogP contribution in [-0.4, -0.2) is 25.7 Å². The Morgan fingerprint density at radius 2 is 1.67 bits per heavy atom. The Bertz CT molecular complexity index is 1790. The molecule has 3 aromatic rings. The van der Waals surface area contributed by atoms with E-state index in [9.17, 15) is 17.6 Å². The summed E-state index contributed by atoms with van der Waals surface area (Å²) < 4.78 is 40.6. The number of fused-ring (bicyclic) bond motifs is 6. The summed E-state index contributed by atoms with van der Waals surface area (Å²) in [7, 11) is -3.66. The van der Waals surface area contributed by atoms with Crippen LogP contribution in [0, 0.1) is 5.82 Å². The maximum Gasteiger partial charge on any atom is 0.357 e.